The van der Waals surface area contributed by atoms with Crippen molar-refractivity contribution in [1.29, 1.82) is 0 Å². The summed E-state index contributed by atoms with van der Waals surface area (Å²) < 4.78 is 0. The van der Waals surface area contributed by atoms with Crippen molar-refractivity contribution in [2.75, 3.05) is 4.90 Å². The smallest absolute Gasteiger partial charge is 0.267 e. The Bertz CT molecular complexity index is 1320. The first kappa shape index (κ1) is 17.6. The fourth-order valence-electron chi connectivity index (χ4n) is 3.62. The molecule has 3 heterocycles. The van der Waals surface area contributed by atoms with E-state index in [4.69, 9.17) is 11.6 Å². The van der Waals surface area contributed by atoms with Gasteiger partial charge in [0.15, 0.2) is 5.65 Å². The van der Waals surface area contributed by atoms with Crippen LogP contribution in [0.2, 0.25) is 5.02 Å². The Kier molecular flexibility index (Phi) is 3.79. The van der Waals surface area contributed by atoms with Crippen LogP contribution in [0.4, 0.5) is 5.69 Å². The third kappa shape index (κ3) is 2.57. The van der Waals surface area contributed by atoms with E-state index < -0.39 is 0 Å². The van der Waals surface area contributed by atoms with Crippen LogP contribution < -0.4 is 4.90 Å². The molecule has 5 rings (SSSR count). The van der Waals surface area contributed by atoms with Gasteiger partial charge in [-0.15, -0.1) is 0 Å². The van der Waals surface area contributed by atoms with Crippen LogP contribution >= 0.6 is 11.6 Å². The van der Waals surface area contributed by atoms with Crippen LogP contribution in [-0.4, -0.2) is 27.0 Å². The molecule has 1 aliphatic rings. The zero-order valence-corrected chi connectivity index (χ0v) is 16.4. The minimum absolute atomic E-state index is 0.275. The molecule has 7 heteroatoms. The average Bonchev–Trinajstić information content (AvgIpc) is 3.24. The number of benzene rings is 2. The summed E-state index contributed by atoms with van der Waals surface area (Å²) in [5, 5.41) is 8.32. The Morgan fingerprint density at radius 3 is 2.45 bits per heavy atom. The predicted molar refractivity (Wildman–Crippen MR) is 111 cm³/mol. The number of aryl methyl sites for hydroxylation is 2. The van der Waals surface area contributed by atoms with Crippen LogP contribution in [0.25, 0.3) is 22.3 Å². The van der Waals surface area contributed by atoms with E-state index in [2.05, 4.69) is 15.2 Å². The lowest BCUT2D eigenvalue weighted by Gasteiger charge is -2.15. The predicted octanol–water partition coefficient (Wildman–Crippen LogP) is 4.70. The number of amides is 2. The van der Waals surface area contributed by atoms with Crippen molar-refractivity contribution in [1.82, 2.24) is 15.2 Å². The van der Waals surface area contributed by atoms with Crippen LogP contribution in [0.3, 0.4) is 0 Å². The molecule has 2 aromatic heterocycles. The zero-order chi connectivity index (χ0) is 20.3. The molecular formula is C22H15ClN4O2. The summed E-state index contributed by atoms with van der Waals surface area (Å²) in [6, 6.07) is 12.7. The molecule has 4 aromatic rings. The van der Waals surface area contributed by atoms with E-state index in [0.717, 1.165) is 16.7 Å². The number of pyridine rings is 1. The van der Waals surface area contributed by atoms with Gasteiger partial charge in [0.2, 0.25) is 0 Å². The number of imide groups is 1. The van der Waals surface area contributed by atoms with Gasteiger partial charge in [-0.2, -0.15) is 5.10 Å². The van der Waals surface area contributed by atoms with E-state index in [1.807, 2.05) is 38.1 Å². The lowest BCUT2D eigenvalue weighted by Crippen LogP contribution is -2.29. The second-order valence-corrected chi connectivity index (χ2v) is 7.50. The molecule has 6 nitrogen and oxygen atoms in total. The summed E-state index contributed by atoms with van der Waals surface area (Å²) in [4.78, 5) is 31.9. The number of hydrogen-bond donors (Lipinski definition) is 1. The standard InChI is InChI=1S/C22H15ClN4O2/c1-11-3-8-15(9-12(11)2)27-21(28)16-10-24-20-18(17(16)22(27)29)19(25-26-20)13-4-6-14(23)7-5-13/h3-10H,1-2H3,(H,24,25,26). The van der Waals surface area contributed by atoms with Crippen molar-refractivity contribution in [3.8, 4) is 11.3 Å². The van der Waals surface area contributed by atoms with Crippen LogP contribution in [0, 0.1) is 13.8 Å². The maximum absolute atomic E-state index is 13.4. The van der Waals surface area contributed by atoms with E-state index in [-0.39, 0.29) is 17.4 Å². The Balaban J connectivity index is 1.71. The van der Waals surface area contributed by atoms with Crippen molar-refractivity contribution >= 4 is 40.1 Å². The van der Waals surface area contributed by atoms with Gasteiger partial charge in [-0.3, -0.25) is 14.7 Å². The lowest BCUT2D eigenvalue weighted by molar-refractivity contribution is 0.0926. The van der Waals surface area contributed by atoms with E-state index in [1.54, 1.807) is 18.2 Å². The molecule has 1 N–H and O–H groups in total. The van der Waals surface area contributed by atoms with Gasteiger partial charge in [0, 0.05) is 16.8 Å². The quantitative estimate of drug-likeness (QED) is 0.493. The van der Waals surface area contributed by atoms with Crippen LogP contribution in [0.15, 0.2) is 48.7 Å². The molecule has 0 saturated heterocycles. The molecule has 1 aliphatic heterocycles. The Labute approximate surface area is 171 Å². The summed E-state index contributed by atoms with van der Waals surface area (Å²) in [7, 11) is 0. The molecular weight excluding hydrogens is 388 g/mol. The summed E-state index contributed by atoms with van der Waals surface area (Å²) >= 11 is 5.99. The molecule has 0 spiro atoms. The zero-order valence-electron chi connectivity index (χ0n) is 15.7. The Morgan fingerprint density at radius 1 is 0.966 bits per heavy atom. The lowest BCUT2D eigenvalue weighted by atomic mass is 10.0. The first-order valence-electron chi connectivity index (χ1n) is 9.05. The van der Waals surface area contributed by atoms with Gasteiger partial charge in [-0.25, -0.2) is 9.88 Å². The highest BCUT2D eigenvalue weighted by atomic mass is 35.5. The maximum atomic E-state index is 13.4. The van der Waals surface area contributed by atoms with Gasteiger partial charge in [0.25, 0.3) is 11.8 Å². The number of nitrogens with zero attached hydrogens (tertiary/aromatic N) is 3. The number of aromatic amines is 1. The second-order valence-electron chi connectivity index (χ2n) is 7.07. The fourth-order valence-corrected chi connectivity index (χ4v) is 3.75. The van der Waals surface area contributed by atoms with Crippen LogP contribution in [-0.2, 0) is 0 Å². The van der Waals surface area contributed by atoms with Crippen LogP contribution in [0.5, 0.6) is 0 Å². The van der Waals surface area contributed by atoms with Gasteiger partial charge in [-0.1, -0.05) is 29.8 Å². The summed E-state index contributed by atoms with van der Waals surface area (Å²) in [5.74, 6) is -0.761. The molecule has 2 amide bonds. The summed E-state index contributed by atoms with van der Waals surface area (Å²) in [6.07, 6.45) is 1.42. The molecule has 0 unspecified atom stereocenters. The number of rotatable bonds is 2. The Hall–Kier alpha value is -3.51. The third-order valence-electron chi connectivity index (χ3n) is 5.31. The average molecular weight is 403 g/mol. The Morgan fingerprint density at radius 2 is 1.72 bits per heavy atom. The normalized spacial score (nSPS) is 13.4. The number of nitrogens with one attached hydrogen (secondary N) is 1. The monoisotopic (exact) mass is 402 g/mol. The number of halogens is 1. The minimum atomic E-state index is -0.383. The van der Waals surface area contributed by atoms with E-state index in [1.165, 1.54) is 11.1 Å². The topological polar surface area (TPSA) is 79.0 Å². The third-order valence-corrected chi connectivity index (χ3v) is 5.57. The minimum Gasteiger partial charge on any atom is -0.275 e. The highest BCUT2D eigenvalue weighted by Crippen LogP contribution is 2.36. The van der Waals surface area contributed by atoms with Crippen molar-refractivity contribution in [3.63, 3.8) is 0 Å². The molecule has 0 bridgehead atoms. The van der Waals surface area contributed by atoms with Crippen molar-refractivity contribution in [3.05, 3.63) is 75.9 Å². The van der Waals surface area contributed by atoms with Gasteiger partial charge >= 0.3 is 0 Å². The van der Waals surface area contributed by atoms with Crippen molar-refractivity contribution in [2.24, 2.45) is 0 Å². The molecule has 0 aliphatic carbocycles. The molecule has 0 saturated carbocycles. The molecule has 29 heavy (non-hydrogen) atoms. The highest BCUT2D eigenvalue weighted by molar-refractivity contribution is 6.38. The van der Waals surface area contributed by atoms with Crippen molar-refractivity contribution in [2.45, 2.75) is 13.8 Å². The van der Waals surface area contributed by atoms with Gasteiger partial charge < -0.3 is 0 Å². The number of aromatic nitrogens is 3. The summed E-state index contributed by atoms with van der Waals surface area (Å²) in [6.45, 7) is 3.93. The first-order valence-corrected chi connectivity index (χ1v) is 9.42. The van der Waals surface area contributed by atoms with Gasteiger partial charge in [0.05, 0.1) is 27.9 Å². The second kappa shape index (κ2) is 6.25. The van der Waals surface area contributed by atoms with E-state index in [0.29, 0.717) is 33.0 Å². The molecule has 2 aromatic carbocycles. The number of carbonyl (C=O) groups is 2. The van der Waals surface area contributed by atoms with Gasteiger partial charge in [-0.05, 0) is 49.2 Å². The summed E-state index contributed by atoms with van der Waals surface area (Å²) in [5.41, 5.74) is 5.05. The molecule has 142 valence electrons. The van der Waals surface area contributed by atoms with Gasteiger partial charge in [0.1, 0.15) is 0 Å². The molecule has 0 radical (unpaired) electrons. The maximum Gasteiger partial charge on any atom is 0.267 e. The van der Waals surface area contributed by atoms with E-state index in [9.17, 15) is 9.59 Å². The van der Waals surface area contributed by atoms with E-state index >= 15 is 0 Å². The largest absolute Gasteiger partial charge is 0.275 e. The number of fused-ring (bicyclic) bond motifs is 3. The number of H-pyrrole nitrogens is 1. The fraction of sp³-hybridized carbons (Fsp3) is 0.0909. The number of carbonyl (C=O) groups excluding carboxylic acids is 2. The first-order chi connectivity index (χ1) is 14.0. The SMILES string of the molecule is Cc1ccc(N2C(=O)c3cnc4n[nH]c(-c5ccc(Cl)cc5)c4c3C2=O)cc1C. The number of hydrogen-bond acceptors (Lipinski definition) is 4. The molecule has 0 fully saturated rings. The highest BCUT2D eigenvalue weighted by Gasteiger charge is 2.40. The van der Waals surface area contributed by atoms with Crippen LogP contribution in [0.1, 0.15) is 31.8 Å². The molecule has 0 atom stereocenters. The van der Waals surface area contributed by atoms with Crippen molar-refractivity contribution < 1.29 is 9.59 Å². The number of anilines is 1.